The van der Waals surface area contributed by atoms with Crippen molar-refractivity contribution in [3.63, 3.8) is 0 Å². The first-order chi connectivity index (χ1) is 8.20. The van der Waals surface area contributed by atoms with Crippen molar-refractivity contribution in [3.8, 4) is 11.5 Å². The monoisotopic (exact) mass is 237 g/mol. The zero-order valence-electron chi connectivity index (χ0n) is 10.3. The van der Waals surface area contributed by atoms with E-state index in [1.54, 1.807) is 19.2 Å². The molecule has 1 N–H and O–H groups in total. The summed E-state index contributed by atoms with van der Waals surface area (Å²) >= 11 is 0. The summed E-state index contributed by atoms with van der Waals surface area (Å²) in [5, 5.41) is 9.72. The summed E-state index contributed by atoms with van der Waals surface area (Å²) < 4.78 is 10.4. The van der Waals surface area contributed by atoms with Crippen LogP contribution in [0.3, 0.4) is 0 Å². The summed E-state index contributed by atoms with van der Waals surface area (Å²) in [6, 6.07) is 5.98. The number of methoxy groups -OCH3 is 1. The van der Waals surface area contributed by atoms with Crippen LogP contribution in [0.1, 0.15) is 12.5 Å². The standard InChI is InChI=1S/C13H19NO3/c1-10-9-17-6-5-14(10)8-11-3-4-13(16-2)12(15)7-11/h3-4,7,10,15H,5-6,8-9H2,1-2H3. The van der Waals surface area contributed by atoms with Gasteiger partial charge in [-0.2, -0.15) is 0 Å². The lowest BCUT2D eigenvalue weighted by atomic mass is 10.1. The number of hydrogen-bond donors (Lipinski definition) is 1. The maximum absolute atomic E-state index is 9.72. The molecule has 0 spiro atoms. The number of morpholine rings is 1. The van der Waals surface area contributed by atoms with E-state index in [0.29, 0.717) is 11.8 Å². The summed E-state index contributed by atoms with van der Waals surface area (Å²) in [6.07, 6.45) is 0. The second kappa shape index (κ2) is 5.38. The van der Waals surface area contributed by atoms with Crippen molar-refractivity contribution in [2.45, 2.75) is 19.5 Å². The van der Waals surface area contributed by atoms with Gasteiger partial charge in [0.2, 0.25) is 0 Å². The van der Waals surface area contributed by atoms with Crippen LogP contribution in [0.4, 0.5) is 0 Å². The van der Waals surface area contributed by atoms with Crippen molar-refractivity contribution in [1.82, 2.24) is 4.90 Å². The number of phenolic OH excluding ortho intramolecular Hbond substituents is 1. The van der Waals surface area contributed by atoms with Gasteiger partial charge in [0.1, 0.15) is 0 Å². The summed E-state index contributed by atoms with van der Waals surface area (Å²) in [4.78, 5) is 2.35. The Morgan fingerprint density at radius 1 is 1.53 bits per heavy atom. The highest BCUT2D eigenvalue weighted by Crippen LogP contribution is 2.27. The molecule has 1 heterocycles. The van der Waals surface area contributed by atoms with E-state index in [4.69, 9.17) is 9.47 Å². The topological polar surface area (TPSA) is 41.9 Å². The second-order valence-electron chi connectivity index (χ2n) is 4.40. The Bertz CT molecular complexity index is 381. The predicted octanol–water partition coefficient (Wildman–Crippen LogP) is 1.62. The van der Waals surface area contributed by atoms with E-state index < -0.39 is 0 Å². The van der Waals surface area contributed by atoms with Crippen LogP contribution in [0.15, 0.2) is 18.2 Å². The molecule has 2 rings (SSSR count). The minimum absolute atomic E-state index is 0.200. The summed E-state index contributed by atoms with van der Waals surface area (Å²) in [6.45, 7) is 5.49. The lowest BCUT2D eigenvalue weighted by Crippen LogP contribution is -2.42. The van der Waals surface area contributed by atoms with Crippen LogP contribution in [0.2, 0.25) is 0 Å². The van der Waals surface area contributed by atoms with Crippen molar-refractivity contribution >= 4 is 0 Å². The van der Waals surface area contributed by atoms with E-state index >= 15 is 0 Å². The number of hydrogen-bond acceptors (Lipinski definition) is 4. The molecule has 0 amide bonds. The zero-order chi connectivity index (χ0) is 12.3. The number of benzene rings is 1. The van der Waals surface area contributed by atoms with E-state index in [0.717, 1.165) is 31.9 Å². The smallest absolute Gasteiger partial charge is 0.160 e. The number of phenols is 1. The van der Waals surface area contributed by atoms with E-state index in [9.17, 15) is 5.11 Å². The van der Waals surface area contributed by atoms with Crippen molar-refractivity contribution in [2.75, 3.05) is 26.9 Å². The first kappa shape index (κ1) is 12.2. The molecule has 1 aliphatic rings. The van der Waals surface area contributed by atoms with Gasteiger partial charge in [-0.15, -0.1) is 0 Å². The van der Waals surface area contributed by atoms with E-state index in [-0.39, 0.29) is 5.75 Å². The van der Waals surface area contributed by atoms with Crippen LogP contribution in [0.5, 0.6) is 11.5 Å². The molecule has 1 aliphatic heterocycles. The number of aromatic hydroxyl groups is 1. The van der Waals surface area contributed by atoms with Gasteiger partial charge in [-0.3, -0.25) is 4.90 Å². The molecule has 0 bridgehead atoms. The van der Waals surface area contributed by atoms with Crippen molar-refractivity contribution in [1.29, 1.82) is 0 Å². The maximum atomic E-state index is 9.72. The summed E-state index contributed by atoms with van der Waals surface area (Å²) in [5.74, 6) is 0.717. The molecule has 17 heavy (non-hydrogen) atoms. The Labute approximate surface area is 102 Å². The van der Waals surface area contributed by atoms with Crippen LogP contribution < -0.4 is 4.74 Å². The van der Waals surface area contributed by atoms with Crippen LogP contribution in [-0.4, -0.2) is 42.9 Å². The van der Waals surface area contributed by atoms with Gasteiger partial charge < -0.3 is 14.6 Å². The molecule has 4 nitrogen and oxygen atoms in total. The maximum Gasteiger partial charge on any atom is 0.160 e. The molecule has 0 aliphatic carbocycles. The van der Waals surface area contributed by atoms with Crippen LogP contribution >= 0.6 is 0 Å². The highest BCUT2D eigenvalue weighted by atomic mass is 16.5. The Kier molecular flexibility index (Phi) is 3.86. The van der Waals surface area contributed by atoms with Gasteiger partial charge in [0.15, 0.2) is 11.5 Å². The molecule has 4 heteroatoms. The molecule has 1 fully saturated rings. The molecule has 0 saturated carbocycles. The minimum atomic E-state index is 0.200. The molecule has 1 saturated heterocycles. The fourth-order valence-corrected chi connectivity index (χ4v) is 2.06. The predicted molar refractivity (Wildman–Crippen MR) is 65.3 cm³/mol. The number of rotatable bonds is 3. The molecule has 0 radical (unpaired) electrons. The third kappa shape index (κ3) is 2.90. The second-order valence-corrected chi connectivity index (χ2v) is 4.40. The van der Waals surface area contributed by atoms with Crippen LogP contribution in [-0.2, 0) is 11.3 Å². The van der Waals surface area contributed by atoms with Crippen molar-refractivity contribution in [2.24, 2.45) is 0 Å². The average Bonchev–Trinajstić information content (AvgIpc) is 2.32. The van der Waals surface area contributed by atoms with Gasteiger partial charge in [-0.05, 0) is 24.6 Å². The van der Waals surface area contributed by atoms with Gasteiger partial charge in [-0.25, -0.2) is 0 Å². The fraction of sp³-hybridized carbons (Fsp3) is 0.538. The lowest BCUT2D eigenvalue weighted by molar-refractivity contribution is -0.00439. The Hall–Kier alpha value is -1.26. The van der Waals surface area contributed by atoms with Crippen molar-refractivity contribution in [3.05, 3.63) is 23.8 Å². The normalized spacial score (nSPS) is 21.4. The molecular weight excluding hydrogens is 218 g/mol. The van der Waals surface area contributed by atoms with E-state index in [2.05, 4.69) is 11.8 Å². The minimum Gasteiger partial charge on any atom is -0.504 e. The first-order valence-electron chi connectivity index (χ1n) is 5.88. The highest BCUT2D eigenvalue weighted by Gasteiger charge is 2.18. The molecule has 1 atom stereocenters. The molecule has 1 unspecified atom stereocenters. The molecule has 94 valence electrons. The van der Waals surface area contributed by atoms with E-state index in [1.807, 2.05) is 6.07 Å². The molecule has 1 aromatic carbocycles. The molecule has 0 aromatic heterocycles. The number of nitrogens with zero attached hydrogens (tertiary/aromatic N) is 1. The summed E-state index contributed by atoms with van der Waals surface area (Å²) in [5.41, 5.74) is 1.09. The SMILES string of the molecule is COc1ccc(CN2CCOCC2C)cc1O. The summed E-state index contributed by atoms with van der Waals surface area (Å²) in [7, 11) is 1.55. The quantitative estimate of drug-likeness (QED) is 0.867. The average molecular weight is 237 g/mol. The van der Waals surface area contributed by atoms with Crippen LogP contribution in [0, 0.1) is 0 Å². The van der Waals surface area contributed by atoms with Crippen LogP contribution in [0.25, 0.3) is 0 Å². The van der Waals surface area contributed by atoms with E-state index in [1.165, 1.54) is 0 Å². The fourth-order valence-electron chi connectivity index (χ4n) is 2.06. The van der Waals surface area contributed by atoms with Gasteiger partial charge in [0, 0.05) is 19.1 Å². The van der Waals surface area contributed by atoms with Crippen molar-refractivity contribution < 1.29 is 14.6 Å². The highest BCUT2D eigenvalue weighted by molar-refractivity contribution is 5.41. The van der Waals surface area contributed by atoms with Gasteiger partial charge >= 0.3 is 0 Å². The molecular formula is C13H19NO3. The Morgan fingerprint density at radius 2 is 2.35 bits per heavy atom. The van der Waals surface area contributed by atoms with Gasteiger partial charge in [0.25, 0.3) is 0 Å². The third-order valence-corrected chi connectivity index (χ3v) is 3.13. The zero-order valence-corrected chi connectivity index (χ0v) is 10.3. The largest absolute Gasteiger partial charge is 0.504 e. The number of ether oxygens (including phenoxy) is 2. The molecule has 1 aromatic rings. The first-order valence-corrected chi connectivity index (χ1v) is 5.88. The Balaban J connectivity index is 2.05. The van der Waals surface area contributed by atoms with Gasteiger partial charge in [-0.1, -0.05) is 6.07 Å². The third-order valence-electron chi connectivity index (χ3n) is 3.13. The lowest BCUT2D eigenvalue weighted by Gasteiger charge is -2.33. The van der Waals surface area contributed by atoms with Gasteiger partial charge in [0.05, 0.1) is 20.3 Å². The Morgan fingerprint density at radius 3 is 3.00 bits per heavy atom.